The van der Waals surface area contributed by atoms with Crippen LogP contribution >= 0.6 is 11.8 Å². The van der Waals surface area contributed by atoms with E-state index in [-0.39, 0.29) is 0 Å². The molecule has 0 aromatic carbocycles. The Labute approximate surface area is 116 Å². The molecule has 1 fully saturated rings. The molecule has 1 aliphatic heterocycles. The Hall–Kier alpha value is -1.27. The van der Waals surface area contributed by atoms with Crippen LogP contribution in [0.15, 0.2) is 17.3 Å². The summed E-state index contributed by atoms with van der Waals surface area (Å²) in [5, 5.41) is 1.15. The lowest BCUT2D eigenvalue weighted by Crippen LogP contribution is -2.18. The average molecular weight is 282 g/mol. The minimum atomic E-state index is -0.392. The zero-order valence-corrected chi connectivity index (χ0v) is 11.7. The first-order chi connectivity index (χ1) is 9.22. The van der Waals surface area contributed by atoms with E-state index in [0.717, 1.165) is 26.1 Å². The van der Waals surface area contributed by atoms with Crippen LogP contribution in [0.4, 0.5) is 5.69 Å². The van der Waals surface area contributed by atoms with Gasteiger partial charge < -0.3 is 15.2 Å². The highest BCUT2D eigenvalue weighted by molar-refractivity contribution is 8.00. The third-order valence-corrected chi connectivity index (χ3v) is 4.25. The van der Waals surface area contributed by atoms with Gasteiger partial charge in [-0.15, -0.1) is 11.8 Å². The standard InChI is InChI=1S/C13H18N2O3S/c1-2-18-13(16)10-3-6-15-12(11(10)14)19-9-4-7-17-8-5-9/h3,6,9H,2,4-5,7-8,14H2,1H3. The number of carbonyl (C=O) groups excluding carboxylic acids is 1. The number of pyridine rings is 1. The van der Waals surface area contributed by atoms with Crippen molar-refractivity contribution in [2.45, 2.75) is 30.0 Å². The lowest BCUT2D eigenvalue weighted by molar-refractivity contribution is 0.0527. The number of nitrogens with two attached hydrogens (primary N) is 1. The van der Waals surface area contributed by atoms with E-state index in [2.05, 4.69) is 4.98 Å². The molecule has 0 atom stereocenters. The summed E-state index contributed by atoms with van der Waals surface area (Å²) in [5.41, 5.74) is 6.83. The van der Waals surface area contributed by atoms with Crippen molar-refractivity contribution in [2.75, 3.05) is 25.6 Å². The fourth-order valence-corrected chi connectivity index (χ4v) is 2.99. The molecule has 104 valence electrons. The molecular weight excluding hydrogens is 264 g/mol. The summed E-state index contributed by atoms with van der Waals surface area (Å²) >= 11 is 1.62. The van der Waals surface area contributed by atoms with Crippen LogP contribution in [-0.4, -0.2) is 36.0 Å². The molecular formula is C13H18N2O3S. The zero-order chi connectivity index (χ0) is 13.7. The summed E-state index contributed by atoms with van der Waals surface area (Å²) in [4.78, 5) is 16.0. The number of anilines is 1. The number of aromatic nitrogens is 1. The lowest BCUT2D eigenvalue weighted by atomic mass is 10.2. The van der Waals surface area contributed by atoms with Crippen LogP contribution in [0.25, 0.3) is 0 Å². The third-order valence-electron chi connectivity index (χ3n) is 2.90. The van der Waals surface area contributed by atoms with Crippen molar-refractivity contribution in [1.29, 1.82) is 0 Å². The van der Waals surface area contributed by atoms with Gasteiger partial charge in [0.05, 0.1) is 17.9 Å². The van der Waals surface area contributed by atoms with E-state index in [0.29, 0.717) is 28.1 Å². The second kappa shape index (κ2) is 6.77. The number of ether oxygens (including phenoxy) is 2. The smallest absolute Gasteiger partial charge is 0.340 e. The van der Waals surface area contributed by atoms with Gasteiger partial charge in [0.2, 0.25) is 0 Å². The zero-order valence-electron chi connectivity index (χ0n) is 10.9. The average Bonchev–Trinajstić information content (AvgIpc) is 2.42. The van der Waals surface area contributed by atoms with Gasteiger partial charge in [0, 0.05) is 24.7 Å². The minimum Gasteiger partial charge on any atom is -0.462 e. The molecule has 0 spiro atoms. The van der Waals surface area contributed by atoms with Gasteiger partial charge in [-0.2, -0.15) is 0 Å². The first-order valence-corrected chi connectivity index (χ1v) is 7.26. The van der Waals surface area contributed by atoms with E-state index in [1.807, 2.05) is 0 Å². The van der Waals surface area contributed by atoms with E-state index in [1.54, 1.807) is 30.9 Å². The molecule has 0 amide bonds. The summed E-state index contributed by atoms with van der Waals surface area (Å²) in [5.74, 6) is -0.392. The summed E-state index contributed by atoms with van der Waals surface area (Å²) < 4.78 is 10.3. The Morgan fingerprint density at radius 3 is 3.00 bits per heavy atom. The summed E-state index contributed by atoms with van der Waals surface area (Å²) in [6.45, 7) is 3.65. The first-order valence-electron chi connectivity index (χ1n) is 6.38. The van der Waals surface area contributed by atoms with E-state index in [9.17, 15) is 4.79 Å². The molecule has 1 saturated heterocycles. The monoisotopic (exact) mass is 282 g/mol. The molecule has 2 rings (SSSR count). The van der Waals surface area contributed by atoms with Gasteiger partial charge in [0.25, 0.3) is 0 Å². The molecule has 0 unspecified atom stereocenters. The van der Waals surface area contributed by atoms with Crippen molar-refractivity contribution in [2.24, 2.45) is 0 Å². The molecule has 5 nitrogen and oxygen atoms in total. The highest BCUT2D eigenvalue weighted by atomic mass is 32.2. The maximum absolute atomic E-state index is 11.8. The fourth-order valence-electron chi connectivity index (χ4n) is 1.89. The molecule has 19 heavy (non-hydrogen) atoms. The van der Waals surface area contributed by atoms with Crippen LogP contribution < -0.4 is 5.73 Å². The topological polar surface area (TPSA) is 74.4 Å². The van der Waals surface area contributed by atoms with Crippen molar-refractivity contribution >= 4 is 23.4 Å². The SMILES string of the molecule is CCOC(=O)c1ccnc(SC2CCOCC2)c1N. The largest absolute Gasteiger partial charge is 0.462 e. The number of nitrogens with zero attached hydrogens (tertiary/aromatic N) is 1. The quantitative estimate of drug-likeness (QED) is 0.853. The Balaban J connectivity index is 2.12. The van der Waals surface area contributed by atoms with Gasteiger partial charge in [-0.05, 0) is 25.8 Å². The maximum atomic E-state index is 11.8. The Kier molecular flexibility index (Phi) is 5.04. The van der Waals surface area contributed by atoms with E-state index in [4.69, 9.17) is 15.2 Å². The van der Waals surface area contributed by atoms with Crippen molar-refractivity contribution < 1.29 is 14.3 Å². The predicted octanol–water partition coefficient (Wildman–Crippen LogP) is 2.11. The summed E-state index contributed by atoms with van der Waals surface area (Å²) in [7, 11) is 0. The Morgan fingerprint density at radius 2 is 2.32 bits per heavy atom. The molecule has 1 aromatic rings. The summed E-state index contributed by atoms with van der Waals surface area (Å²) in [6.07, 6.45) is 3.56. The normalized spacial score (nSPS) is 16.3. The van der Waals surface area contributed by atoms with Gasteiger partial charge in [0.1, 0.15) is 5.03 Å². The van der Waals surface area contributed by atoms with E-state index < -0.39 is 5.97 Å². The second-order valence-corrected chi connectivity index (χ2v) is 5.52. The first kappa shape index (κ1) is 14.1. The number of nitrogen functional groups attached to an aromatic ring is 1. The number of carbonyl (C=O) groups is 1. The minimum absolute atomic E-state index is 0.336. The van der Waals surface area contributed by atoms with Crippen LogP contribution in [0, 0.1) is 0 Å². The van der Waals surface area contributed by atoms with Gasteiger partial charge in [-0.3, -0.25) is 0 Å². The third kappa shape index (κ3) is 3.61. The molecule has 2 N–H and O–H groups in total. The highest BCUT2D eigenvalue weighted by Crippen LogP contribution is 2.33. The number of hydrogen-bond donors (Lipinski definition) is 1. The van der Waals surface area contributed by atoms with Crippen LogP contribution in [0.1, 0.15) is 30.1 Å². The number of rotatable bonds is 4. The van der Waals surface area contributed by atoms with Crippen LogP contribution in [0.3, 0.4) is 0 Å². The Morgan fingerprint density at radius 1 is 1.58 bits per heavy atom. The van der Waals surface area contributed by atoms with Crippen molar-refractivity contribution in [1.82, 2.24) is 4.98 Å². The van der Waals surface area contributed by atoms with Gasteiger partial charge >= 0.3 is 5.97 Å². The molecule has 1 aliphatic rings. The predicted molar refractivity (Wildman–Crippen MR) is 74.3 cm³/mol. The molecule has 0 aliphatic carbocycles. The van der Waals surface area contributed by atoms with E-state index in [1.165, 1.54) is 0 Å². The molecule has 0 saturated carbocycles. The van der Waals surface area contributed by atoms with Crippen molar-refractivity contribution in [3.8, 4) is 0 Å². The maximum Gasteiger partial charge on any atom is 0.340 e. The molecule has 0 bridgehead atoms. The second-order valence-electron chi connectivity index (χ2n) is 4.23. The number of thioether (sulfide) groups is 1. The molecule has 0 radical (unpaired) electrons. The molecule has 2 heterocycles. The highest BCUT2D eigenvalue weighted by Gasteiger charge is 2.20. The fraction of sp³-hybridized carbons (Fsp3) is 0.538. The number of esters is 1. The van der Waals surface area contributed by atoms with Crippen molar-refractivity contribution in [3.05, 3.63) is 17.8 Å². The molecule has 1 aromatic heterocycles. The van der Waals surface area contributed by atoms with Gasteiger partial charge in [0.15, 0.2) is 0 Å². The van der Waals surface area contributed by atoms with Crippen LogP contribution in [0.5, 0.6) is 0 Å². The van der Waals surface area contributed by atoms with Crippen LogP contribution in [0.2, 0.25) is 0 Å². The summed E-state index contributed by atoms with van der Waals surface area (Å²) in [6, 6.07) is 1.60. The van der Waals surface area contributed by atoms with Gasteiger partial charge in [-0.25, -0.2) is 9.78 Å². The lowest BCUT2D eigenvalue weighted by Gasteiger charge is -2.21. The Bertz CT molecular complexity index is 448. The van der Waals surface area contributed by atoms with Crippen molar-refractivity contribution in [3.63, 3.8) is 0 Å². The van der Waals surface area contributed by atoms with E-state index >= 15 is 0 Å². The van der Waals surface area contributed by atoms with Crippen LogP contribution in [-0.2, 0) is 9.47 Å². The van der Waals surface area contributed by atoms with Gasteiger partial charge in [-0.1, -0.05) is 0 Å². The molecule has 6 heteroatoms. The number of hydrogen-bond acceptors (Lipinski definition) is 6.